The third kappa shape index (κ3) is 1.38. The van der Waals surface area contributed by atoms with Gasteiger partial charge in [0.25, 0.3) is 11.8 Å². The van der Waals surface area contributed by atoms with Gasteiger partial charge < -0.3 is 4.85 Å². The van der Waals surface area contributed by atoms with Crippen LogP contribution in [0.5, 0.6) is 0 Å². The van der Waals surface area contributed by atoms with Crippen molar-refractivity contribution in [2.24, 2.45) is 0 Å². The standard InChI is InChI=1S/C11H8N2O2/c1-12-6-7-13-10(14)8-4-2-3-5-9(8)11(13)15/h2-5H,6-7H2. The molecule has 0 fully saturated rings. The third-order valence-corrected chi connectivity index (χ3v) is 2.31. The van der Waals surface area contributed by atoms with Crippen molar-refractivity contribution in [3.63, 3.8) is 0 Å². The van der Waals surface area contributed by atoms with Crippen LogP contribution in [0.1, 0.15) is 20.7 Å². The predicted octanol–water partition coefficient (Wildman–Crippen LogP) is 1.20. The molecule has 2 amide bonds. The second-order valence-electron chi connectivity index (χ2n) is 3.19. The van der Waals surface area contributed by atoms with Crippen molar-refractivity contribution in [2.75, 3.05) is 13.1 Å². The highest BCUT2D eigenvalue weighted by molar-refractivity contribution is 6.21. The number of carbonyl (C=O) groups is 2. The monoisotopic (exact) mass is 200 g/mol. The van der Waals surface area contributed by atoms with Crippen molar-refractivity contribution in [1.29, 1.82) is 0 Å². The van der Waals surface area contributed by atoms with Crippen LogP contribution in [0.15, 0.2) is 24.3 Å². The van der Waals surface area contributed by atoms with Crippen LogP contribution in [-0.4, -0.2) is 29.8 Å². The fraction of sp³-hybridized carbons (Fsp3) is 0.182. The average molecular weight is 200 g/mol. The van der Waals surface area contributed by atoms with Gasteiger partial charge in [0.1, 0.15) is 6.54 Å². The lowest BCUT2D eigenvalue weighted by atomic mass is 10.1. The molecule has 0 spiro atoms. The number of fused-ring (bicyclic) bond motifs is 1. The molecule has 1 aromatic carbocycles. The molecule has 1 aliphatic rings. The molecule has 4 nitrogen and oxygen atoms in total. The molecule has 1 heterocycles. The molecule has 0 aliphatic carbocycles. The van der Waals surface area contributed by atoms with Crippen molar-refractivity contribution in [3.05, 3.63) is 46.8 Å². The highest BCUT2D eigenvalue weighted by atomic mass is 16.2. The van der Waals surface area contributed by atoms with Crippen LogP contribution in [0.2, 0.25) is 0 Å². The highest BCUT2D eigenvalue weighted by Crippen LogP contribution is 2.21. The van der Waals surface area contributed by atoms with Crippen LogP contribution in [0.4, 0.5) is 0 Å². The summed E-state index contributed by atoms with van der Waals surface area (Å²) in [5.41, 5.74) is 0.875. The number of nitrogens with zero attached hydrogens (tertiary/aromatic N) is 2. The Hall–Kier alpha value is -2.15. The lowest BCUT2D eigenvalue weighted by Crippen LogP contribution is -2.31. The Morgan fingerprint density at radius 3 is 2.13 bits per heavy atom. The zero-order valence-corrected chi connectivity index (χ0v) is 7.93. The fourth-order valence-electron chi connectivity index (χ4n) is 1.59. The van der Waals surface area contributed by atoms with Gasteiger partial charge in [-0.25, -0.2) is 6.57 Å². The number of amides is 2. The quantitative estimate of drug-likeness (QED) is 0.531. The lowest BCUT2D eigenvalue weighted by Gasteiger charge is -2.08. The fourth-order valence-corrected chi connectivity index (χ4v) is 1.59. The highest BCUT2D eigenvalue weighted by Gasteiger charge is 2.35. The average Bonchev–Trinajstić information content (AvgIpc) is 2.51. The van der Waals surface area contributed by atoms with Crippen molar-refractivity contribution in [1.82, 2.24) is 4.90 Å². The largest absolute Gasteiger partial charge is 0.315 e. The van der Waals surface area contributed by atoms with E-state index in [9.17, 15) is 9.59 Å². The van der Waals surface area contributed by atoms with E-state index >= 15 is 0 Å². The molecule has 1 aliphatic heterocycles. The summed E-state index contributed by atoms with van der Waals surface area (Å²) in [6.07, 6.45) is 0. The van der Waals surface area contributed by atoms with Crippen LogP contribution in [0, 0.1) is 6.57 Å². The normalized spacial score (nSPS) is 13.9. The molecule has 0 aromatic heterocycles. The molecule has 2 rings (SSSR count). The molecule has 0 bridgehead atoms. The van der Waals surface area contributed by atoms with Gasteiger partial charge in [0.15, 0.2) is 0 Å². The molecule has 0 saturated carbocycles. The predicted molar refractivity (Wildman–Crippen MR) is 53.3 cm³/mol. The van der Waals surface area contributed by atoms with E-state index in [-0.39, 0.29) is 24.9 Å². The van der Waals surface area contributed by atoms with E-state index in [4.69, 9.17) is 6.57 Å². The van der Waals surface area contributed by atoms with E-state index in [0.29, 0.717) is 11.1 Å². The number of carbonyl (C=O) groups excluding carboxylic acids is 2. The van der Waals surface area contributed by atoms with Crippen LogP contribution in [0.3, 0.4) is 0 Å². The van der Waals surface area contributed by atoms with Crippen LogP contribution in [0.25, 0.3) is 4.85 Å². The maximum absolute atomic E-state index is 11.7. The first-order valence-electron chi connectivity index (χ1n) is 4.54. The van der Waals surface area contributed by atoms with Crippen molar-refractivity contribution >= 4 is 11.8 Å². The summed E-state index contributed by atoms with van der Waals surface area (Å²) in [5.74, 6) is -0.585. The van der Waals surface area contributed by atoms with Gasteiger partial charge in [-0.3, -0.25) is 14.5 Å². The van der Waals surface area contributed by atoms with Gasteiger partial charge in [0.2, 0.25) is 6.54 Å². The van der Waals surface area contributed by atoms with Gasteiger partial charge in [0.05, 0.1) is 11.1 Å². The van der Waals surface area contributed by atoms with E-state index in [1.807, 2.05) is 0 Å². The number of hydrogen-bond acceptors (Lipinski definition) is 2. The van der Waals surface area contributed by atoms with E-state index in [2.05, 4.69) is 4.85 Å². The molecule has 0 unspecified atom stereocenters. The summed E-state index contributed by atoms with van der Waals surface area (Å²) >= 11 is 0. The molecule has 74 valence electrons. The minimum atomic E-state index is -0.292. The van der Waals surface area contributed by atoms with Gasteiger partial charge in [-0.1, -0.05) is 12.1 Å². The topological polar surface area (TPSA) is 41.7 Å². The minimum absolute atomic E-state index is 0.158. The smallest absolute Gasteiger partial charge is 0.261 e. The Kier molecular flexibility index (Phi) is 2.22. The first-order valence-corrected chi connectivity index (χ1v) is 4.54. The number of benzene rings is 1. The van der Waals surface area contributed by atoms with Crippen molar-refractivity contribution in [3.8, 4) is 0 Å². The van der Waals surface area contributed by atoms with Gasteiger partial charge in [-0.15, -0.1) is 0 Å². The van der Waals surface area contributed by atoms with Crippen LogP contribution in [-0.2, 0) is 0 Å². The molecule has 1 aromatic rings. The third-order valence-electron chi connectivity index (χ3n) is 2.31. The molecular weight excluding hydrogens is 192 g/mol. The van der Waals surface area contributed by atoms with Gasteiger partial charge >= 0.3 is 0 Å². The zero-order chi connectivity index (χ0) is 10.8. The first-order chi connectivity index (χ1) is 7.25. The lowest BCUT2D eigenvalue weighted by molar-refractivity contribution is 0.0661. The second kappa shape index (κ2) is 3.54. The summed E-state index contributed by atoms with van der Waals surface area (Å²) in [5, 5.41) is 0. The summed E-state index contributed by atoms with van der Waals surface area (Å²) < 4.78 is 0. The Bertz CT molecular complexity index is 439. The van der Waals surface area contributed by atoms with Crippen molar-refractivity contribution < 1.29 is 9.59 Å². The second-order valence-corrected chi connectivity index (χ2v) is 3.19. The minimum Gasteiger partial charge on any atom is -0.315 e. The number of imide groups is 1. The molecule has 4 heteroatoms. The molecule has 15 heavy (non-hydrogen) atoms. The maximum Gasteiger partial charge on any atom is 0.261 e. The van der Waals surface area contributed by atoms with Gasteiger partial charge in [0, 0.05) is 0 Å². The van der Waals surface area contributed by atoms with E-state index in [1.165, 1.54) is 0 Å². The SMILES string of the molecule is [C-]#[N+]CCN1C(=O)c2ccccc2C1=O. The number of hydrogen-bond donors (Lipinski definition) is 0. The van der Waals surface area contributed by atoms with Crippen LogP contribution < -0.4 is 0 Å². The first kappa shape index (κ1) is 9.41. The Morgan fingerprint density at radius 2 is 1.67 bits per heavy atom. The molecular formula is C11H8N2O2. The molecule has 0 saturated heterocycles. The summed E-state index contributed by atoms with van der Waals surface area (Å²) in [7, 11) is 0. The maximum atomic E-state index is 11.7. The Morgan fingerprint density at radius 1 is 1.13 bits per heavy atom. The molecule has 0 radical (unpaired) electrons. The van der Waals surface area contributed by atoms with E-state index in [1.54, 1.807) is 24.3 Å². The molecule has 0 atom stereocenters. The van der Waals surface area contributed by atoms with E-state index in [0.717, 1.165) is 4.90 Å². The van der Waals surface area contributed by atoms with Gasteiger partial charge in [-0.05, 0) is 12.1 Å². The summed E-state index contributed by atoms with van der Waals surface area (Å²) in [6, 6.07) is 6.71. The Labute approximate surface area is 86.9 Å². The zero-order valence-electron chi connectivity index (χ0n) is 7.93. The van der Waals surface area contributed by atoms with Crippen molar-refractivity contribution in [2.45, 2.75) is 0 Å². The summed E-state index contributed by atoms with van der Waals surface area (Å²) in [6.45, 7) is 6.97. The summed E-state index contributed by atoms with van der Waals surface area (Å²) in [4.78, 5) is 27.7. The van der Waals surface area contributed by atoms with Crippen LogP contribution >= 0.6 is 0 Å². The number of rotatable bonds is 2. The Balaban J connectivity index is 2.34. The van der Waals surface area contributed by atoms with E-state index < -0.39 is 0 Å². The molecule has 0 N–H and O–H groups in total. The van der Waals surface area contributed by atoms with Gasteiger partial charge in [-0.2, -0.15) is 0 Å².